The van der Waals surface area contributed by atoms with Crippen LogP contribution < -0.4 is 5.32 Å². The molecule has 20 heavy (non-hydrogen) atoms. The van der Waals surface area contributed by atoms with Crippen LogP contribution in [-0.4, -0.2) is 21.4 Å². The summed E-state index contributed by atoms with van der Waals surface area (Å²) >= 11 is 0. The Balaban J connectivity index is 1.79. The van der Waals surface area contributed by atoms with Gasteiger partial charge < -0.3 is 0 Å². The fraction of sp³-hybridized carbons (Fsp3) is 0.692. The summed E-state index contributed by atoms with van der Waals surface area (Å²) in [5, 5.41) is 16.6. The number of hydrogen-bond acceptors (Lipinski definition) is 3. The normalized spacial score (nSPS) is 22.3. The molecule has 2 saturated carbocycles. The lowest BCUT2D eigenvalue weighted by atomic mass is 9.94. The number of nitriles is 1. The van der Waals surface area contributed by atoms with Crippen molar-refractivity contribution >= 4 is 0 Å². The summed E-state index contributed by atoms with van der Waals surface area (Å²) in [6.45, 7) is 0.167. The fourth-order valence-electron chi connectivity index (χ4n) is 2.47. The molecule has 0 saturated heterocycles. The van der Waals surface area contributed by atoms with E-state index in [0.717, 1.165) is 38.1 Å². The lowest BCUT2D eigenvalue weighted by molar-refractivity contribution is -0.137. The highest BCUT2D eigenvalue weighted by Crippen LogP contribution is 2.42. The van der Waals surface area contributed by atoms with Crippen LogP contribution in [0.15, 0.2) is 12.4 Å². The molecule has 0 amide bonds. The lowest BCUT2D eigenvalue weighted by Crippen LogP contribution is -2.50. The molecule has 1 unspecified atom stereocenters. The Morgan fingerprint density at radius 3 is 2.50 bits per heavy atom. The van der Waals surface area contributed by atoms with Gasteiger partial charge in [0, 0.05) is 12.2 Å². The molecule has 0 spiro atoms. The standard InChI is InChI=1S/C13H15F3N4/c14-13(15,16)10-5-18-20(6-10)8-12(7-17,9-1-2-9)19-11-3-4-11/h5-6,9,11,19H,1-4,8H2. The first-order valence-corrected chi connectivity index (χ1v) is 6.71. The van der Waals surface area contributed by atoms with Crippen molar-refractivity contribution in [2.24, 2.45) is 5.92 Å². The Bertz CT molecular complexity index is 537. The minimum atomic E-state index is -4.39. The van der Waals surface area contributed by atoms with Crippen LogP contribution in [0, 0.1) is 17.2 Å². The van der Waals surface area contributed by atoms with Gasteiger partial charge in [0.25, 0.3) is 0 Å². The maximum atomic E-state index is 12.6. The molecule has 2 fully saturated rings. The molecule has 3 rings (SSSR count). The topological polar surface area (TPSA) is 53.6 Å². The van der Waals surface area contributed by atoms with E-state index in [1.165, 1.54) is 4.68 Å². The van der Waals surface area contributed by atoms with Crippen molar-refractivity contribution in [3.05, 3.63) is 18.0 Å². The van der Waals surface area contributed by atoms with Crippen molar-refractivity contribution in [3.63, 3.8) is 0 Å². The van der Waals surface area contributed by atoms with Crippen LogP contribution in [0.3, 0.4) is 0 Å². The van der Waals surface area contributed by atoms with Gasteiger partial charge in [-0.1, -0.05) is 0 Å². The van der Waals surface area contributed by atoms with E-state index in [1.54, 1.807) is 0 Å². The van der Waals surface area contributed by atoms with E-state index >= 15 is 0 Å². The van der Waals surface area contributed by atoms with Crippen LogP contribution in [0.4, 0.5) is 13.2 Å². The number of hydrogen-bond donors (Lipinski definition) is 1. The molecule has 2 aliphatic carbocycles. The summed E-state index contributed by atoms with van der Waals surface area (Å²) in [7, 11) is 0. The van der Waals surface area contributed by atoms with Gasteiger partial charge in [-0.15, -0.1) is 0 Å². The molecule has 1 atom stereocenters. The quantitative estimate of drug-likeness (QED) is 0.903. The van der Waals surface area contributed by atoms with Gasteiger partial charge in [-0.05, 0) is 31.6 Å². The molecular weight excluding hydrogens is 269 g/mol. The van der Waals surface area contributed by atoms with Gasteiger partial charge in [-0.3, -0.25) is 10.00 Å². The average molecular weight is 284 g/mol. The molecule has 1 aromatic rings. The van der Waals surface area contributed by atoms with Crippen molar-refractivity contribution in [1.29, 1.82) is 5.26 Å². The second kappa shape index (κ2) is 4.48. The van der Waals surface area contributed by atoms with Gasteiger partial charge in [0.05, 0.1) is 24.4 Å². The second-order valence-corrected chi connectivity index (χ2v) is 5.70. The van der Waals surface area contributed by atoms with Gasteiger partial charge in [-0.2, -0.15) is 23.5 Å². The molecule has 1 aromatic heterocycles. The zero-order chi connectivity index (χ0) is 14.4. The molecule has 2 aliphatic rings. The summed E-state index contributed by atoms with van der Waals surface area (Å²) < 4.78 is 39.0. The number of nitrogens with one attached hydrogen (secondary N) is 1. The van der Waals surface area contributed by atoms with E-state index in [4.69, 9.17) is 0 Å². The Morgan fingerprint density at radius 1 is 1.35 bits per heavy atom. The minimum Gasteiger partial charge on any atom is -0.295 e. The zero-order valence-electron chi connectivity index (χ0n) is 10.8. The molecule has 0 aromatic carbocycles. The number of aromatic nitrogens is 2. The molecule has 1 heterocycles. The fourth-order valence-corrected chi connectivity index (χ4v) is 2.47. The third kappa shape index (κ3) is 2.66. The molecule has 4 nitrogen and oxygen atoms in total. The van der Waals surface area contributed by atoms with E-state index < -0.39 is 17.3 Å². The van der Waals surface area contributed by atoms with Crippen LogP contribution in [-0.2, 0) is 12.7 Å². The highest BCUT2D eigenvalue weighted by molar-refractivity contribution is 5.18. The van der Waals surface area contributed by atoms with E-state index in [1.807, 2.05) is 0 Å². The first-order chi connectivity index (χ1) is 9.43. The van der Waals surface area contributed by atoms with Crippen molar-refractivity contribution in [1.82, 2.24) is 15.1 Å². The third-order valence-corrected chi connectivity index (χ3v) is 3.88. The van der Waals surface area contributed by atoms with Crippen LogP contribution in [0.25, 0.3) is 0 Å². The summed E-state index contributed by atoms with van der Waals surface area (Å²) in [5.41, 5.74) is -1.55. The Morgan fingerprint density at radius 2 is 2.05 bits per heavy atom. The number of rotatable bonds is 5. The molecule has 108 valence electrons. The maximum absolute atomic E-state index is 12.6. The van der Waals surface area contributed by atoms with E-state index in [-0.39, 0.29) is 12.5 Å². The van der Waals surface area contributed by atoms with Gasteiger partial charge in [0.1, 0.15) is 5.54 Å². The smallest absolute Gasteiger partial charge is 0.295 e. The van der Waals surface area contributed by atoms with Gasteiger partial charge in [-0.25, -0.2) is 0 Å². The van der Waals surface area contributed by atoms with Crippen molar-refractivity contribution in [2.45, 2.75) is 50.0 Å². The molecule has 0 bridgehead atoms. The highest BCUT2D eigenvalue weighted by Gasteiger charge is 2.49. The number of nitrogens with zero attached hydrogens (tertiary/aromatic N) is 3. The predicted molar refractivity (Wildman–Crippen MR) is 64.5 cm³/mol. The van der Waals surface area contributed by atoms with Gasteiger partial charge in [0.2, 0.25) is 0 Å². The van der Waals surface area contributed by atoms with Crippen LogP contribution in [0.5, 0.6) is 0 Å². The summed E-state index contributed by atoms with van der Waals surface area (Å²) in [5.74, 6) is 0.214. The molecule has 0 aliphatic heterocycles. The largest absolute Gasteiger partial charge is 0.419 e. The molecule has 7 heteroatoms. The van der Waals surface area contributed by atoms with E-state index in [0.29, 0.717) is 6.04 Å². The number of halogens is 3. The third-order valence-electron chi connectivity index (χ3n) is 3.88. The molecule has 0 radical (unpaired) electrons. The second-order valence-electron chi connectivity index (χ2n) is 5.70. The van der Waals surface area contributed by atoms with Crippen molar-refractivity contribution in [2.75, 3.05) is 0 Å². The van der Waals surface area contributed by atoms with Gasteiger partial charge in [0.15, 0.2) is 0 Å². The SMILES string of the molecule is N#CC(Cn1cc(C(F)(F)F)cn1)(NC1CC1)C1CC1. The monoisotopic (exact) mass is 284 g/mol. The summed E-state index contributed by atoms with van der Waals surface area (Å²) in [6, 6.07) is 2.62. The van der Waals surface area contributed by atoms with Crippen LogP contribution in [0.1, 0.15) is 31.2 Å². The van der Waals surface area contributed by atoms with Crippen LogP contribution in [0.2, 0.25) is 0 Å². The lowest BCUT2D eigenvalue weighted by Gasteiger charge is -2.28. The Hall–Kier alpha value is -1.55. The van der Waals surface area contributed by atoms with E-state index in [2.05, 4.69) is 16.5 Å². The average Bonchev–Trinajstić information content (AvgIpc) is 3.27. The van der Waals surface area contributed by atoms with Crippen molar-refractivity contribution < 1.29 is 13.2 Å². The first kappa shape index (κ1) is 13.4. The Kier molecular flexibility index (Phi) is 3.01. The van der Waals surface area contributed by atoms with Gasteiger partial charge >= 0.3 is 6.18 Å². The molecule has 1 N–H and O–H groups in total. The maximum Gasteiger partial charge on any atom is 0.419 e. The van der Waals surface area contributed by atoms with Crippen LogP contribution >= 0.6 is 0 Å². The minimum absolute atomic E-state index is 0.167. The van der Waals surface area contributed by atoms with E-state index in [9.17, 15) is 18.4 Å². The zero-order valence-corrected chi connectivity index (χ0v) is 10.8. The number of alkyl halides is 3. The van der Waals surface area contributed by atoms with Crippen molar-refractivity contribution in [3.8, 4) is 6.07 Å². The first-order valence-electron chi connectivity index (χ1n) is 6.71. The predicted octanol–water partition coefficient (Wildman–Crippen LogP) is 2.33. The summed E-state index contributed by atoms with van der Waals surface area (Å²) in [6.07, 6.45) is 1.35. The highest BCUT2D eigenvalue weighted by atomic mass is 19.4. The molecular formula is C13H15F3N4. The Labute approximate surface area is 114 Å². The summed E-state index contributed by atoms with van der Waals surface area (Å²) in [4.78, 5) is 0.